The van der Waals surface area contributed by atoms with Gasteiger partial charge in [-0.2, -0.15) is 0 Å². The number of carbonyl (C=O) groups excluding carboxylic acids is 1. The Balaban J connectivity index is 1.32. The fourth-order valence-electron chi connectivity index (χ4n) is 3.48. The smallest absolute Gasteiger partial charge is 0.305 e. The number of carbonyl (C=O) groups is 1. The Bertz CT molecular complexity index is 1290. The van der Waals surface area contributed by atoms with Crippen LogP contribution in [0.5, 0.6) is 5.75 Å². The summed E-state index contributed by atoms with van der Waals surface area (Å²) in [7, 11) is 1.38. The summed E-state index contributed by atoms with van der Waals surface area (Å²) in [5.74, 6) is 0.484. The van der Waals surface area contributed by atoms with Gasteiger partial charge in [0.1, 0.15) is 24.0 Å². The third-order valence-electron chi connectivity index (χ3n) is 5.52. The summed E-state index contributed by atoms with van der Waals surface area (Å²) in [5, 5.41) is 5.30. The predicted octanol–water partition coefficient (Wildman–Crippen LogP) is 6.57. The van der Waals surface area contributed by atoms with E-state index in [1.54, 1.807) is 11.3 Å². The van der Waals surface area contributed by atoms with Crippen molar-refractivity contribution in [2.75, 3.05) is 7.11 Å². The van der Waals surface area contributed by atoms with Crippen molar-refractivity contribution in [3.8, 4) is 16.3 Å². The lowest BCUT2D eigenvalue weighted by atomic mass is 10.1. The van der Waals surface area contributed by atoms with Gasteiger partial charge in [-0.25, -0.2) is 4.98 Å². The first kappa shape index (κ1) is 25.1. The van der Waals surface area contributed by atoms with E-state index in [0.717, 1.165) is 38.0 Å². The Hall–Kier alpha value is -3.97. The second kappa shape index (κ2) is 12.7. The largest absolute Gasteiger partial charge is 0.487 e. The van der Waals surface area contributed by atoms with Gasteiger partial charge in [0.2, 0.25) is 0 Å². The standard InChI is InChI=1S/C29H28N2O4S/c1-21-27(30-29(36-21)24-11-7-4-8-12-24)20-34-25-15-13-22(14-16-25)19-35-31-26(17-18-28(32)33-2)23-9-5-3-6-10-23/h3-16H,17-20H2,1-2H3/b31-26-. The summed E-state index contributed by atoms with van der Waals surface area (Å²) in [5.41, 5.74) is 4.64. The molecule has 1 aromatic heterocycles. The van der Waals surface area contributed by atoms with Crippen LogP contribution in [0.1, 0.15) is 34.5 Å². The quantitative estimate of drug-likeness (QED) is 0.132. The van der Waals surface area contributed by atoms with E-state index in [-0.39, 0.29) is 12.4 Å². The lowest BCUT2D eigenvalue weighted by molar-refractivity contribution is -0.140. The van der Waals surface area contributed by atoms with Crippen molar-refractivity contribution < 1.29 is 19.1 Å². The topological polar surface area (TPSA) is 70.0 Å². The van der Waals surface area contributed by atoms with Crippen LogP contribution in [-0.4, -0.2) is 23.8 Å². The third kappa shape index (κ3) is 7.02. The molecule has 0 atom stereocenters. The van der Waals surface area contributed by atoms with Crippen LogP contribution in [0.3, 0.4) is 0 Å². The molecule has 0 spiro atoms. The summed E-state index contributed by atoms with van der Waals surface area (Å²) in [6.45, 7) is 2.79. The zero-order valence-electron chi connectivity index (χ0n) is 20.3. The van der Waals surface area contributed by atoms with Gasteiger partial charge >= 0.3 is 5.97 Å². The summed E-state index contributed by atoms with van der Waals surface area (Å²) in [6, 6.07) is 27.6. The van der Waals surface area contributed by atoms with Crippen LogP contribution in [0.2, 0.25) is 0 Å². The molecule has 0 N–H and O–H groups in total. The fraction of sp³-hybridized carbons (Fsp3) is 0.207. The van der Waals surface area contributed by atoms with Crippen LogP contribution in [0.25, 0.3) is 10.6 Å². The maximum absolute atomic E-state index is 11.6. The van der Waals surface area contributed by atoms with Crippen molar-refractivity contribution in [3.05, 3.63) is 107 Å². The number of nitrogens with zero attached hydrogens (tertiary/aromatic N) is 2. The molecule has 0 radical (unpaired) electrons. The van der Waals surface area contributed by atoms with Crippen molar-refractivity contribution in [3.63, 3.8) is 0 Å². The van der Waals surface area contributed by atoms with E-state index >= 15 is 0 Å². The summed E-state index contributed by atoms with van der Waals surface area (Å²) in [6.07, 6.45) is 0.677. The summed E-state index contributed by atoms with van der Waals surface area (Å²) in [4.78, 5) is 23.1. The molecular formula is C29H28N2O4S. The number of oxime groups is 1. The lowest BCUT2D eigenvalue weighted by Crippen LogP contribution is -2.08. The van der Waals surface area contributed by atoms with Crippen LogP contribution < -0.4 is 4.74 Å². The molecule has 36 heavy (non-hydrogen) atoms. The zero-order chi connectivity index (χ0) is 25.2. The van der Waals surface area contributed by atoms with Gasteiger partial charge in [-0.15, -0.1) is 11.3 Å². The highest BCUT2D eigenvalue weighted by molar-refractivity contribution is 7.15. The molecule has 0 saturated carbocycles. The molecule has 0 aliphatic rings. The number of hydrogen-bond acceptors (Lipinski definition) is 7. The third-order valence-corrected chi connectivity index (χ3v) is 6.58. The van der Waals surface area contributed by atoms with E-state index in [4.69, 9.17) is 19.3 Å². The van der Waals surface area contributed by atoms with Gasteiger partial charge in [0, 0.05) is 16.9 Å². The number of ether oxygens (including phenoxy) is 2. The molecule has 0 amide bonds. The molecule has 0 unspecified atom stereocenters. The second-order valence-electron chi connectivity index (χ2n) is 8.07. The van der Waals surface area contributed by atoms with E-state index in [1.165, 1.54) is 7.11 Å². The first-order valence-corrected chi connectivity index (χ1v) is 12.5. The minimum Gasteiger partial charge on any atom is -0.487 e. The van der Waals surface area contributed by atoms with Gasteiger partial charge in [-0.1, -0.05) is 78.0 Å². The molecule has 6 nitrogen and oxygen atoms in total. The number of methoxy groups -OCH3 is 1. The number of hydrogen-bond donors (Lipinski definition) is 0. The van der Waals surface area contributed by atoms with Crippen LogP contribution in [0.4, 0.5) is 0 Å². The average Bonchev–Trinajstić information content (AvgIpc) is 3.31. The molecule has 0 fully saturated rings. The Morgan fingerprint density at radius 3 is 2.28 bits per heavy atom. The van der Waals surface area contributed by atoms with Gasteiger partial charge < -0.3 is 14.3 Å². The minimum absolute atomic E-state index is 0.241. The Kier molecular flexibility index (Phi) is 8.83. The number of aromatic nitrogens is 1. The second-order valence-corrected chi connectivity index (χ2v) is 9.28. The monoisotopic (exact) mass is 500 g/mol. The van der Waals surface area contributed by atoms with Gasteiger partial charge in [0.25, 0.3) is 0 Å². The Morgan fingerprint density at radius 1 is 0.889 bits per heavy atom. The van der Waals surface area contributed by atoms with Crippen LogP contribution >= 0.6 is 11.3 Å². The van der Waals surface area contributed by atoms with Crippen LogP contribution in [0, 0.1) is 6.92 Å². The van der Waals surface area contributed by atoms with Crippen molar-refractivity contribution >= 4 is 23.0 Å². The van der Waals surface area contributed by atoms with E-state index < -0.39 is 0 Å². The minimum atomic E-state index is -0.279. The number of rotatable bonds is 11. The average molecular weight is 501 g/mol. The highest BCUT2D eigenvalue weighted by Crippen LogP contribution is 2.28. The maximum Gasteiger partial charge on any atom is 0.305 e. The number of esters is 1. The normalized spacial score (nSPS) is 11.2. The predicted molar refractivity (Wildman–Crippen MR) is 142 cm³/mol. The summed E-state index contributed by atoms with van der Waals surface area (Å²) >= 11 is 1.68. The molecule has 0 bridgehead atoms. The number of thiazole rings is 1. The molecular weight excluding hydrogens is 472 g/mol. The van der Waals surface area contributed by atoms with E-state index in [2.05, 4.69) is 24.2 Å². The number of benzene rings is 3. The van der Waals surface area contributed by atoms with Crippen LogP contribution in [-0.2, 0) is 27.6 Å². The van der Waals surface area contributed by atoms with Crippen molar-refractivity contribution in [1.29, 1.82) is 0 Å². The maximum atomic E-state index is 11.6. The molecule has 3 aromatic carbocycles. The molecule has 4 aromatic rings. The SMILES string of the molecule is COC(=O)CC/C(=N/OCc1ccc(OCc2nc(-c3ccccc3)sc2C)cc1)c1ccccc1. The van der Waals surface area contributed by atoms with E-state index in [0.29, 0.717) is 25.3 Å². The number of aryl methyl sites for hydroxylation is 1. The Labute approximate surface area is 215 Å². The molecule has 7 heteroatoms. The molecule has 0 aliphatic heterocycles. The Morgan fingerprint density at radius 2 is 1.58 bits per heavy atom. The first-order chi connectivity index (χ1) is 17.6. The summed E-state index contributed by atoms with van der Waals surface area (Å²) < 4.78 is 10.7. The van der Waals surface area contributed by atoms with Gasteiger partial charge in [-0.3, -0.25) is 4.79 Å². The fourth-order valence-corrected chi connectivity index (χ4v) is 4.40. The zero-order valence-corrected chi connectivity index (χ0v) is 21.2. The van der Waals surface area contributed by atoms with Crippen LogP contribution in [0.15, 0.2) is 90.1 Å². The van der Waals surface area contributed by atoms with E-state index in [1.807, 2.05) is 72.8 Å². The van der Waals surface area contributed by atoms with Gasteiger partial charge in [-0.05, 0) is 30.2 Å². The highest BCUT2D eigenvalue weighted by atomic mass is 32.1. The highest BCUT2D eigenvalue weighted by Gasteiger charge is 2.11. The van der Waals surface area contributed by atoms with Crippen molar-refractivity contribution in [2.45, 2.75) is 33.0 Å². The van der Waals surface area contributed by atoms with Crippen molar-refractivity contribution in [2.24, 2.45) is 5.16 Å². The van der Waals surface area contributed by atoms with Gasteiger partial charge in [0.05, 0.1) is 24.9 Å². The molecule has 184 valence electrons. The lowest BCUT2D eigenvalue weighted by Gasteiger charge is -2.08. The van der Waals surface area contributed by atoms with Gasteiger partial charge in [0.15, 0.2) is 0 Å². The molecule has 0 aliphatic carbocycles. The molecule has 4 rings (SSSR count). The van der Waals surface area contributed by atoms with E-state index in [9.17, 15) is 4.79 Å². The first-order valence-electron chi connectivity index (χ1n) is 11.7. The molecule has 0 saturated heterocycles. The van der Waals surface area contributed by atoms with Crippen molar-refractivity contribution in [1.82, 2.24) is 4.98 Å². The molecule has 1 heterocycles.